The summed E-state index contributed by atoms with van der Waals surface area (Å²) >= 11 is 5.88. The summed E-state index contributed by atoms with van der Waals surface area (Å²) in [4.78, 5) is 12.7. The third-order valence-corrected chi connectivity index (χ3v) is 3.62. The molecular formula is C18H19ClN4O. The molecule has 1 heterocycles. The summed E-state index contributed by atoms with van der Waals surface area (Å²) in [5, 5.41) is 4.87. The van der Waals surface area contributed by atoms with Gasteiger partial charge in [-0.1, -0.05) is 42.0 Å². The molecule has 0 spiro atoms. The number of carbonyl (C=O) groups is 1. The van der Waals surface area contributed by atoms with E-state index >= 15 is 0 Å². The van der Waals surface area contributed by atoms with Gasteiger partial charge in [0.15, 0.2) is 11.5 Å². The van der Waals surface area contributed by atoms with E-state index in [9.17, 15) is 4.79 Å². The Bertz CT molecular complexity index is 845. The van der Waals surface area contributed by atoms with Crippen molar-refractivity contribution < 1.29 is 4.79 Å². The molecule has 1 aromatic heterocycles. The van der Waals surface area contributed by atoms with Crippen LogP contribution in [0.3, 0.4) is 0 Å². The van der Waals surface area contributed by atoms with Crippen molar-refractivity contribution in [3.63, 3.8) is 0 Å². The van der Waals surface area contributed by atoms with Crippen molar-refractivity contribution in [3.05, 3.63) is 70.9 Å². The molecule has 0 saturated carbocycles. The Morgan fingerprint density at radius 1 is 1.25 bits per heavy atom. The Labute approximate surface area is 145 Å². The normalized spacial score (nSPS) is 11.9. The summed E-state index contributed by atoms with van der Waals surface area (Å²) < 4.78 is 1.43. The third kappa shape index (κ3) is 3.58. The molecule has 0 aliphatic carbocycles. The number of nitrogens with zero attached hydrogens (tertiary/aromatic N) is 2. The minimum atomic E-state index is -0.299. The van der Waals surface area contributed by atoms with Crippen LogP contribution < -0.4 is 11.5 Å². The Balaban J connectivity index is 2.45. The van der Waals surface area contributed by atoms with Gasteiger partial charge < -0.3 is 11.5 Å². The average molecular weight is 343 g/mol. The van der Waals surface area contributed by atoms with Crippen molar-refractivity contribution in [2.45, 2.75) is 13.8 Å². The van der Waals surface area contributed by atoms with Crippen LogP contribution in [0.25, 0.3) is 5.69 Å². The van der Waals surface area contributed by atoms with Crippen LogP contribution in [0, 0.1) is 0 Å². The maximum atomic E-state index is 12.7. The number of rotatable bonds is 5. The number of ketones is 1. The number of Topliss-reactive ketones (excluding diaryl/α,β-unsaturated/α-hetero) is 1. The van der Waals surface area contributed by atoms with Crippen LogP contribution in [0.4, 0.5) is 11.5 Å². The smallest absolute Gasteiger partial charge is 0.215 e. The highest BCUT2D eigenvalue weighted by atomic mass is 35.5. The van der Waals surface area contributed by atoms with Crippen molar-refractivity contribution in [3.8, 4) is 5.69 Å². The Kier molecular flexibility index (Phi) is 5.26. The molecule has 0 saturated heterocycles. The van der Waals surface area contributed by atoms with Gasteiger partial charge in [-0.15, -0.1) is 0 Å². The largest absolute Gasteiger partial charge is 0.394 e. The molecule has 2 aromatic rings. The molecule has 4 N–H and O–H groups in total. The molecule has 0 fully saturated rings. The number of nitrogens with two attached hydrogens (primary N) is 2. The van der Waals surface area contributed by atoms with Gasteiger partial charge in [-0.2, -0.15) is 5.10 Å². The second-order valence-electron chi connectivity index (χ2n) is 5.29. The molecule has 0 atom stereocenters. The monoisotopic (exact) mass is 342 g/mol. The van der Waals surface area contributed by atoms with Crippen LogP contribution in [-0.4, -0.2) is 15.6 Å². The molecule has 0 bridgehead atoms. The van der Waals surface area contributed by atoms with Gasteiger partial charge >= 0.3 is 0 Å². The molecule has 0 aliphatic heterocycles. The molecular weight excluding hydrogens is 324 g/mol. The number of allylic oxidation sites excluding steroid dienone is 5. The maximum absolute atomic E-state index is 12.7. The second kappa shape index (κ2) is 7.19. The van der Waals surface area contributed by atoms with Crippen LogP contribution in [-0.2, 0) is 0 Å². The van der Waals surface area contributed by atoms with E-state index in [2.05, 4.69) is 11.7 Å². The molecule has 6 heteroatoms. The lowest BCUT2D eigenvalue weighted by Crippen LogP contribution is -2.06. The zero-order chi connectivity index (χ0) is 17.9. The Hall–Kier alpha value is -2.79. The van der Waals surface area contributed by atoms with Gasteiger partial charge in [0.1, 0.15) is 5.69 Å². The summed E-state index contributed by atoms with van der Waals surface area (Å²) in [6, 6.07) is 6.92. The second-order valence-corrected chi connectivity index (χ2v) is 5.73. The first-order valence-electron chi connectivity index (χ1n) is 7.29. The van der Waals surface area contributed by atoms with E-state index < -0.39 is 0 Å². The van der Waals surface area contributed by atoms with Crippen molar-refractivity contribution >= 4 is 28.9 Å². The number of aromatic nitrogens is 2. The maximum Gasteiger partial charge on any atom is 0.215 e. The van der Waals surface area contributed by atoms with Crippen LogP contribution in [0.2, 0.25) is 5.02 Å². The molecule has 24 heavy (non-hydrogen) atoms. The van der Waals surface area contributed by atoms with Gasteiger partial charge in [0, 0.05) is 10.6 Å². The highest BCUT2D eigenvalue weighted by molar-refractivity contribution is 6.30. The predicted molar refractivity (Wildman–Crippen MR) is 99.4 cm³/mol. The number of hydrogen-bond acceptors (Lipinski definition) is 4. The zero-order valence-corrected chi connectivity index (χ0v) is 14.3. The SMILES string of the molecule is C=C(C)/C=C\C(=C/C)C(=O)c1nn(-c2ccc(Cl)cc2)c(N)c1N. The molecule has 1 aromatic carbocycles. The Morgan fingerprint density at radius 3 is 2.42 bits per heavy atom. The fourth-order valence-electron chi connectivity index (χ4n) is 2.06. The van der Waals surface area contributed by atoms with Gasteiger partial charge in [0.2, 0.25) is 5.78 Å². The van der Waals surface area contributed by atoms with Gasteiger partial charge in [-0.3, -0.25) is 4.79 Å². The van der Waals surface area contributed by atoms with Crippen LogP contribution in [0.15, 0.2) is 60.2 Å². The number of hydrogen-bond donors (Lipinski definition) is 2. The van der Waals surface area contributed by atoms with E-state index in [1.54, 1.807) is 49.4 Å². The molecule has 0 unspecified atom stereocenters. The number of carbonyl (C=O) groups excluding carboxylic acids is 1. The topological polar surface area (TPSA) is 86.9 Å². The standard InChI is InChI=1S/C18H19ClN4O/c1-4-12(6-5-11(2)3)17(24)16-15(20)18(21)23(22-16)14-9-7-13(19)8-10-14/h4-10H,2,20-21H2,1,3H3/b6-5-,12-4+. The minimum absolute atomic E-state index is 0.113. The molecule has 5 nitrogen and oxygen atoms in total. The summed E-state index contributed by atoms with van der Waals surface area (Å²) in [7, 11) is 0. The molecule has 0 amide bonds. The van der Waals surface area contributed by atoms with Crippen molar-refractivity contribution in [1.82, 2.24) is 9.78 Å². The first-order chi connectivity index (χ1) is 11.3. The van der Waals surface area contributed by atoms with Crippen molar-refractivity contribution in [2.24, 2.45) is 0 Å². The summed E-state index contributed by atoms with van der Waals surface area (Å²) in [5.74, 6) is -0.0908. The third-order valence-electron chi connectivity index (χ3n) is 3.37. The van der Waals surface area contributed by atoms with Gasteiger partial charge in [0.25, 0.3) is 0 Å². The summed E-state index contributed by atoms with van der Waals surface area (Å²) in [6.07, 6.45) is 5.13. The predicted octanol–water partition coefficient (Wildman–Crippen LogP) is 3.95. The van der Waals surface area contributed by atoms with E-state index in [0.717, 1.165) is 5.57 Å². The van der Waals surface area contributed by atoms with E-state index in [1.165, 1.54) is 4.68 Å². The number of halogens is 1. The molecule has 0 radical (unpaired) electrons. The van der Waals surface area contributed by atoms with Crippen LogP contribution in [0.5, 0.6) is 0 Å². The number of anilines is 2. The van der Waals surface area contributed by atoms with E-state index in [1.807, 2.05) is 6.92 Å². The van der Waals surface area contributed by atoms with Gasteiger partial charge in [-0.25, -0.2) is 4.68 Å². The fourth-order valence-corrected chi connectivity index (χ4v) is 2.19. The summed E-state index contributed by atoms with van der Waals surface area (Å²) in [6.45, 7) is 7.39. The van der Waals surface area contributed by atoms with Gasteiger partial charge in [0.05, 0.1) is 5.69 Å². The lowest BCUT2D eigenvalue weighted by Gasteiger charge is -2.03. The van der Waals surface area contributed by atoms with Crippen LogP contribution >= 0.6 is 11.6 Å². The zero-order valence-electron chi connectivity index (χ0n) is 13.6. The van der Waals surface area contributed by atoms with E-state index in [-0.39, 0.29) is 23.0 Å². The average Bonchev–Trinajstić information content (AvgIpc) is 2.84. The number of nitrogen functional groups attached to an aromatic ring is 2. The highest BCUT2D eigenvalue weighted by Crippen LogP contribution is 2.26. The quantitative estimate of drug-likeness (QED) is 0.489. The van der Waals surface area contributed by atoms with Crippen LogP contribution in [0.1, 0.15) is 24.3 Å². The minimum Gasteiger partial charge on any atom is -0.394 e. The Morgan fingerprint density at radius 2 is 1.88 bits per heavy atom. The molecule has 2 rings (SSSR count). The fraction of sp³-hybridized carbons (Fsp3) is 0.111. The first-order valence-corrected chi connectivity index (χ1v) is 7.67. The lowest BCUT2D eigenvalue weighted by atomic mass is 10.1. The molecule has 0 aliphatic rings. The van der Waals surface area contributed by atoms with E-state index in [0.29, 0.717) is 16.3 Å². The number of benzene rings is 1. The summed E-state index contributed by atoms with van der Waals surface area (Å²) in [5.41, 5.74) is 14.2. The highest BCUT2D eigenvalue weighted by Gasteiger charge is 2.21. The van der Waals surface area contributed by atoms with Gasteiger partial charge in [-0.05, 0) is 38.1 Å². The van der Waals surface area contributed by atoms with E-state index in [4.69, 9.17) is 23.1 Å². The molecule has 124 valence electrons. The first kappa shape index (κ1) is 17.6. The van der Waals surface area contributed by atoms with Crippen molar-refractivity contribution in [1.29, 1.82) is 0 Å². The lowest BCUT2D eigenvalue weighted by molar-refractivity contribution is 0.103. The van der Waals surface area contributed by atoms with Crippen molar-refractivity contribution in [2.75, 3.05) is 11.5 Å².